The fourth-order valence-corrected chi connectivity index (χ4v) is 6.01. The fraction of sp³-hybridized carbons (Fsp3) is 0.600. The van der Waals surface area contributed by atoms with Crippen LogP contribution in [0.1, 0.15) is 38.5 Å². The maximum absolute atomic E-state index is 13.8. The molecule has 0 aromatic heterocycles. The first-order chi connectivity index (χ1) is 9.88. The van der Waals surface area contributed by atoms with Crippen LogP contribution in [0.5, 0.6) is 0 Å². The van der Waals surface area contributed by atoms with Crippen LogP contribution in [0.4, 0.5) is 8.78 Å². The summed E-state index contributed by atoms with van der Waals surface area (Å²) < 4.78 is 51.8. The summed E-state index contributed by atoms with van der Waals surface area (Å²) in [4.78, 5) is -0.395. The predicted molar refractivity (Wildman–Crippen MR) is 82.3 cm³/mol. The summed E-state index contributed by atoms with van der Waals surface area (Å²) in [6, 6.07) is 2.64. The molecule has 1 aliphatic rings. The molecule has 0 bridgehead atoms. The Bertz CT molecular complexity index is 594. The summed E-state index contributed by atoms with van der Waals surface area (Å²) in [7, 11) is -3.77. The van der Waals surface area contributed by atoms with Crippen molar-refractivity contribution in [2.75, 3.05) is 11.1 Å². The molecule has 1 aromatic rings. The van der Waals surface area contributed by atoms with Gasteiger partial charge in [0.2, 0.25) is 0 Å². The van der Waals surface area contributed by atoms with Crippen molar-refractivity contribution in [3.63, 3.8) is 0 Å². The molecule has 1 aromatic carbocycles. The molecule has 0 saturated heterocycles. The topological polar surface area (TPSA) is 34.1 Å². The molecule has 1 fully saturated rings. The van der Waals surface area contributed by atoms with Crippen molar-refractivity contribution >= 4 is 25.8 Å². The van der Waals surface area contributed by atoms with Crippen LogP contribution in [-0.2, 0) is 9.84 Å². The molecule has 2 nitrogen and oxygen atoms in total. The average Bonchev–Trinajstić information content (AvgIpc) is 2.64. The standard InChI is InChI=1S/C15H19BrF2O2S/c16-10-15(7-3-1-2-4-8-15)11-21(19,20)14-6-5-12(17)9-13(14)18/h5-6,9H,1-4,7-8,10-11H2. The van der Waals surface area contributed by atoms with E-state index < -0.39 is 26.4 Å². The number of rotatable bonds is 4. The Labute approximate surface area is 133 Å². The van der Waals surface area contributed by atoms with Crippen molar-refractivity contribution in [1.29, 1.82) is 0 Å². The van der Waals surface area contributed by atoms with Gasteiger partial charge in [-0.05, 0) is 30.4 Å². The maximum atomic E-state index is 13.8. The van der Waals surface area contributed by atoms with Gasteiger partial charge in [0, 0.05) is 11.4 Å². The molecule has 0 heterocycles. The predicted octanol–water partition coefficient (Wildman–Crippen LogP) is 4.47. The summed E-state index contributed by atoms with van der Waals surface area (Å²) >= 11 is 3.44. The Kier molecular flexibility index (Phi) is 5.41. The Morgan fingerprint density at radius 2 is 1.71 bits per heavy atom. The summed E-state index contributed by atoms with van der Waals surface area (Å²) in [5, 5.41) is 0.585. The van der Waals surface area contributed by atoms with Crippen LogP contribution in [0.15, 0.2) is 23.1 Å². The summed E-state index contributed by atoms with van der Waals surface area (Å²) in [5.74, 6) is -1.86. The van der Waals surface area contributed by atoms with Gasteiger partial charge in [0.05, 0.1) is 5.75 Å². The Balaban J connectivity index is 2.30. The minimum Gasteiger partial charge on any atom is -0.224 e. The average molecular weight is 381 g/mol. The van der Waals surface area contributed by atoms with Gasteiger partial charge in [-0.2, -0.15) is 0 Å². The largest absolute Gasteiger partial charge is 0.224 e. The molecule has 0 aliphatic heterocycles. The molecule has 21 heavy (non-hydrogen) atoms. The highest BCUT2D eigenvalue weighted by Gasteiger charge is 2.36. The van der Waals surface area contributed by atoms with Crippen molar-refractivity contribution in [2.24, 2.45) is 5.41 Å². The van der Waals surface area contributed by atoms with Gasteiger partial charge in [-0.3, -0.25) is 0 Å². The van der Waals surface area contributed by atoms with E-state index in [2.05, 4.69) is 15.9 Å². The second-order valence-corrected chi connectivity index (χ2v) is 8.40. The number of sulfone groups is 1. The molecular formula is C15H19BrF2O2S. The fourth-order valence-electron chi connectivity index (χ4n) is 3.00. The number of benzene rings is 1. The molecule has 6 heteroatoms. The van der Waals surface area contributed by atoms with Crippen molar-refractivity contribution < 1.29 is 17.2 Å². The molecule has 0 spiro atoms. The first-order valence-electron chi connectivity index (χ1n) is 7.12. The van der Waals surface area contributed by atoms with Crippen LogP contribution >= 0.6 is 15.9 Å². The van der Waals surface area contributed by atoms with E-state index in [1.807, 2.05) is 0 Å². The molecule has 118 valence electrons. The lowest BCUT2D eigenvalue weighted by molar-refractivity contribution is 0.327. The van der Waals surface area contributed by atoms with Gasteiger partial charge in [-0.1, -0.05) is 41.6 Å². The Hall–Kier alpha value is -0.490. The highest BCUT2D eigenvalue weighted by atomic mass is 79.9. The van der Waals surface area contributed by atoms with Crippen molar-refractivity contribution in [1.82, 2.24) is 0 Å². The van der Waals surface area contributed by atoms with Crippen LogP contribution in [-0.4, -0.2) is 19.5 Å². The molecule has 1 aliphatic carbocycles. The highest BCUT2D eigenvalue weighted by molar-refractivity contribution is 9.09. The zero-order chi connectivity index (χ0) is 15.5. The van der Waals surface area contributed by atoms with Gasteiger partial charge in [0.25, 0.3) is 0 Å². The lowest BCUT2D eigenvalue weighted by atomic mass is 9.85. The number of hydrogen-bond acceptors (Lipinski definition) is 2. The molecule has 0 amide bonds. The third-order valence-corrected chi connectivity index (χ3v) is 7.36. The van der Waals surface area contributed by atoms with Gasteiger partial charge in [0.1, 0.15) is 16.5 Å². The molecular weight excluding hydrogens is 362 g/mol. The SMILES string of the molecule is O=S(=O)(CC1(CBr)CCCCCC1)c1ccc(F)cc1F. The van der Waals surface area contributed by atoms with E-state index in [1.165, 1.54) is 0 Å². The van der Waals surface area contributed by atoms with E-state index in [0.717, 1.165) is 50.7 Å². The third-order valence-electron chi connectivity index (χ3n) is 4.17. The first-order valence-corrected chi connectivity index (χ1v) is 9.90. The van der Waals surface area contributed by atoms with Crippen molar-refractivity contribution in [2.45, 2.75) is 43.4 Å². The summed E-state index contributed by atoms with van der Waals surface area (Å²) in [5.41, 5.74) is -0.351. The maximum Gasteiger partial charge on any atom is 0.181 e. The zero-order valence-electron chi connectivity index (χ0n) is 11.7. The highest BCUT2D eigenvalue weighted by Crippen LogP contribution is 2.39. The number of hydrogen-bond donors (Lipinski definition) is 0. The molecule has 1 saturated carbocycles. The number of halogens is 3. The Morgan fingerprint density at radius 3 is 2.24 bits per heavy atom. The van der Waals surface area contributed by atoms with E-state index in [0.29, 0.717) is 11.4 Å². The van der Waals surface area contributed by atoms with Crippen LogP contribution in [0.2, 0.25) is 0 Å². The molecule has 2 rings (SSSR count). The lowest BCUT2D eigenvalue weighted by Gasteiger charge is -2.30. The zero-order valence-corrected chi connectivity index (χ0v) is 14.2. The molecule has 0 radical (unpaired) electrons. The van der Waals surface area contributed by atoms with Crippen LogP contribution in [0.3, 0.4) is 0 Å². The third kappa shape index (κ3) is 4.03. The monoisotopic (exact) mass is 380 g/mol. The van der Waals surface area contributed by atoms with Crippen LogP contribution in [0.25, 0.3) is 0 Å². The van der Waals surface area contributed by atoms with Gasteiger partial charge in [-0.25, -0.2) is 17.2 Å². The normalized spacial score (nSPS) is 19.2. The van der Waals surface area contributed by atoms with Gasteiger partial charge in [-0.15, -0.1) is 0 Å². The lowest BCUT2D eigenvalue weighted by Crippen LogP contribution is -2.32. The van der Waals surface area contributed by atoms with E-state index in [4.69, 9.17) is 0 Å². The smallest absolute Gasteiger partial charge is 0.181 e. The minimum atomic E-state index is -3.77. The summed E-state index contributed by atoms with van der Waals surface area (Å²) in [6.07, 6.45) is 5.85. The van der Waals surface area contributed by atoms with E-state index >= 15 is 0 Å². The van der Waals surface area contributed by atoms with Crippen LogP contribution < -0.4 is 0 Å². The Morgan fingerprint density at radius 1 is 1.10 bits per heavy atom. The first kappa shape index (κ1) is 16.9. The van der Waals surface area contributed by atoms with Gasteiger partial charge < -0.3 is 0 Å². The molecule has 0 atom stereocenters. The number of alkyl halides is 1. The minimum absolute atomic E-state index is 0.0895. The molecule has 0 N–H and O–H groups in total. The van der Waals surface area contributed by atoms with Crippen molar-refractivity contribution in [3.05, 3.63) is 29.8 Å². The van der Waals surface area contributed by atoms with Gasteiger partial charge in [0.15, 0.2) is 9.84 Å². The van der Waals surface area contributed by atoms with Gasteiger partial charge >= 0.3 is 0 Å². The van der Waals surface area contributed by atoms with E-state index in [-0.39, 0.29) is 11.2 Å². The van der Waals surface area contributed by atoms with Crippen molar-refractivity contribution in [3.8, 4) is 0 Å². The second-order valence-electron chi connectivity index (χ2n) is 5.88. The molecule has 0 unspecified atom stereocenters. The second kappa shape index (κ2) is 6.73. The quantitative estimate of drug-likeness (QED) is 0.438. The van der Waals surface area contributed by atoms with Crippen LogP contribution in [0, 0.1) is 17.0 Å². The van der Waals surface area contributed by atoms with E-state index in [1.54, 1.807) is 0 Å². The van der Waals surface area contributed by atoms with E-state index in [9.17, 15) is 17.2 Å². The summed E-state index contributed by atoms with van der Waals surface area (Å²) in [6.45, 7) is 0.